The number of urea groups is 1. The molecule has 27 heavy (non-hydrogen) atoms. The average molecular weight is 382 g/mol. The van der Waals surface area contributed by atoms with Crippen LogP contribution in [0.15, 0.2) is 54.6 Å². The van der Waals surface area contributed by atoms with Crippen molar-refractivity contribution in [3.8, 4) is 0 Å². The first kappa shape index (κ1) is 19.2. The normalized spacial score (nSPS) is 10.8. The topological polar surface area (TPSA) is 45.2 Å². The molecule has 140 valence electrons. The molecule has 4 nitrogen and oxygen atoms in total. The first-order valence-corrected chi connectivity index (χ1v) is 9.61. The molecule has 2 aromatic carbocycles. The summed E-state index contributed by atoms with van der Waals surface area (Å²) in [5, 5.41) is 4.46. The molecule has 0 spiro atoms. The number of unbranched alkanes of at least 4 members (excludes halogenated alkanes) is 1. The van der Waals surface area contributed by atoms with Gasteiger partial charge in [0.05, 0.1) is 12.1 Å². The Hall–Kier alpha value is -2.59. The molecule has 0 radical (unpaired) electrons. The van der Waals surface area contributed by atoms with Gasteiger partial charge in [-0.05, 0) is 43.2 Å². The summed E-state index contributed by atoms with van der Waals surface area (Å²) in [5.41, 5.74) is 3.61. The number of hydrogen-bond acceptors (Lipinski definition) is 2. The highest BCUT2D eigenvalue weighted by molar-refractivity contribution is 6.30. The van der Waals surface area contributed by atoms with Crippen molar-refractivity contribution in [2.45, 2.75) is 33.2 Å². The van der Waals surface area contributed by atoms with Gasteiger partial charge in [0.15, 0.2) is 0 Å². The minimum atomic E-state index is -0.127. The van der Waals surface area contributed by atoms with Crippen molar-refractivity contribution in [3.05, 3.63) is 70.9 Å². The van der Waals surface area contributed by atoms with E-state index < -0.39 is 0 Å². The molecule has 0 unspecified atom stereocenters. The van der Waals surface area contributed by atoms with Gasteiger partial charge in [0, 0.05) is 23.2 Å². The van der Waals surface area contributed by atoms with Crippen molar-refractivity contribution in [3.63, 3.8) is 0 Å². The number of amides is 2. The standard InChI is InChI=1S/C22H24ClN3O/c1-3-4-12-26(22(27)24-19-10-7-8-16(2)13-19)15-18-14-17-9-5-6-11-20(17)25-21(18)23/h5-11,13-14H,3-4,12,15H2,1-2H3,(H,24,27). The number of carbonyl (C=O) groups excluding carboxylic acids is 1. The number of rotatable bonds is 6. The molecular formula is C22H24ClN3O. The highest BCUT2D eigenvalue weighted by atomic mass is 35.5. The number of fused-ring (bicyclic) bond motifs is 1. The van der Waals surface area contributed by atoms with Gasteiger partial charge in [-0.25, -0.2) is 9.78 Å². The number of para-hydroxylation sites is 1. The maximum atomic E-state index is 12.9. The highest BCUT2D eigenvalue weighted by Crippen LogP contribution is 2.22. The molecule has 1 N–H and O–H groups in total. The van der Waals surface area contributed by atoms with Crippen LogP contribution >= 0.6 is 11.6 Å². The summed E-state index contributed by atoms with van der Waals surface area (Å²) in [4.78, 5) is 19.1. The third-order valence-corrected chi connectivity index (χ3v) is 4.78. The first-order chi connectivity index (χ1) is 13.1. The number of halogens is 1. The summed E-state index contributed by atoms with van der Waals surface area (Å²) >= 11 is 6.40. The van der Waals surface area contributed by atoms with Gasteiger partial charge in [-0.2, -0.15) is 0 Å². The van der Waals surface area contributed by atoms with Crippen LogP contribution < -0.4 is 5.32 Å². The molecule has 0 aliphatic heterocycles. The summed E-state index contributed by atoms with van der Waals surface area (Å²) in [6.45, 7) is 5.21. The van der Waals surface area contributed by atoms with E-state index in [-0.39, 0.29) is 6.03 Å². The van der Waals surface area contributed by atoms with Crippen LogP contribution in [0.2, 0.25) is 5.15 Å². The predicted octanol–water partition coefficient (Wildman–Crippen LogP) is 6.03. The smallest absolute Gasteiger partial charge is 0.320 e. The summed E-state index contributed by atoms with van der Waals surface area (Å²) in [6, 6.07) is 17.5. The van der Waals surface area contributed by atoms with Crippen molar-refractivity contribution in [1.82, 2.24) is 9.88 Å². The molecule has 0 atom stereocenters. The monoisotopic (exact) mass is 381 g/mol. The van der Waals surface area contributed by atoms with E-state index in [0.29, 0.717) is 18.2 Å². The number of pyridine rings is 1. The van der Waals surface area contributed by atoms with Crippen LogP contribution in [-0.4, -0.2) is 22.5 Å². The van der Waals surface area contributed by atoms with Crippen molar-refractivity contribution < 1.29 is 4.79 Å². The Bertz CT molecular complexity index is 942. The van der Waals surface area contributed by atoms with Gasteiger partial charge in [-0.15, -0.1) is 0 Å². The fourth-order valence-corrected chi connectivity index (χ4v) is 3.18. The van der Waals surface area contributed by atoms with E-state index in [9.17, 15) is 4.79 Å². The van der Waals surface area contributed by atoms with Crippen molar-refractivity contribution in [2.75, 3.05) is 11.9 Å². The average Bonchev–Trinajstić information content (AvgIpc) is 2.65. The molecular weight excluding hydrogens is 358 g/mol. The number of benzene rings is 2. The number of nitrogens with one attached hydrogen (secondary N) is 1. The zero-order chi connectivity index (χ0) is 19.2. The summed E-state index contributed by atoms with van der Waals surface area (Å²) in [5.74, 6) is 0. The maximum absolute atomic E-state index is 12.9. The Labute approximate surface area is 165 Å². The second-order valence-electron chi connectivity index (χ2n) is 6.71. The summed E-state index contributed by atoms with van der Waals surface area (Å²) < 4.78 is 0. The fourth-order valence-electron chi connectivity index (χ4n) is 2.98. The zero-order valence-electron chi connectivity index (χ0n) is 15.7. The molecule has 0 bridgehead atoms. The first-order valence-electron chi connectivity index (χ1n) is 9.23. The van der Waals surface area contributed by atoms with Crippen LogP contribution in [0.3, 0.4) is 0 Å². The number of carbonyl (C=O) groups is 1. The lowest BCUT2D eigenvalue weighted by Gasteiger charge is -2.24. The molecule has 0 fully saturated rings. The SMILES string of the molecule is CCCCN(Cc1cc2ccccc2nc1Cl)C(=O)Nc1cccc(C)c1. The number of anilines is 1. The molecule has 0 saturated carbocycles. The minimum Gasteiger partial charge on any atom is -0.320 e. The Morgan fingerprint density at radius 3 is 2.74 bits per heavy atom. The van der Waals surface area contributed by atoms with Gasteiger partial charge < -0.3 is 10.2 Å². The largest absolute Gasteiger partial charge is 0.322 e. The molecule has 3 aromatic rings. The molecule has 1 heterocycles. The summed E-state index contributed by atoms with van der Waals surface area (Å²) in [7, 11) is 0. The molecule has 3 rings (SSSR count). The number of aryl methyl sites for hydroxylation is 1. The van der Waals surface area contributed by atoms with E-state index in [0.717, 1.165) is 40.6 Å². The Morgan fingerprint density at radius 2 is 1.96 bits per heavy atom. The molecule has 0 aliphatic carbocycles. The molecule has 1 aromatic heterocycles. The van der Waals surface area contributed by atoms with E-state index in [1.807, 2.05) is 61.5 Å². The Kier molecular flexibility index (Phi) is 6.30. The Balaban J connectivity index is 1.82. The second-order valence-corrected chi connectivity index (χ2v) is 7.06. The molecule has 5 heteroatoms. The molecule has 0 aliphatic rings. The third kappa shape index (κ3) is 4.98. The van der Waals surface area contributed by atoms with Crippen molar-refractivity contribution in [2.24, 2.45) is 0 Å². The van der Waals surface area contributed by atoms with Crippen LogP contribution in [0, 0.1) is 6.92 Å². The fraction of sp³-hybridized carbons (Fsp3) is 0.273. The maximum Gasteiger partial charge on any atom is 0.322 e. The van der Waals surface area contributed by atoms with Crippen LogP contribution in [-0.2, 0) is 6.54 Å². The van der Waals surface area contributed by atoms with Crippen LogP contribution in [0.4, 0.5) is 10.5 Å². The lowest BCUT2D eigenvalue weighted by molar-refractivity contribution is 0.208. The summed E-state index contributed by atoms with van der Waals surface area (Å²) in [6.07, 6.45) is 1.94. The quantitative estimate of drug-likeness (QED) is 0.530. The van der Waals surface area contributed by atoms with E-state index in [2.05, 4.69) is 17.2 Å². The van der Waals surface area contributed by atoms with Gasteiger partial charge in [-0.1, -0.05) is 55.3 Å². The van der Waals surface area contributed by atoms with Gasteiger partial charge in [0.25, 0.3) is 0 Å². The third-order valence-electron chi connectivity index (χ3n) is 4.45. The van der Waals surface area contributed by atoms with E-state index in [1.54, 1.807) is 4.90 Å². The lowest BCUT2D eigenvalue weighted by atomic mass is 10.1. The van der Waals surface area contributed by atoms with Crippen molar-refractivity contribution in [1.29, 1.82) is 0 Å². The van der Waals surface area contributed by atoms with E-state index in [4.69, 9.17) is 11.6 Å². The number of hydrogen-bond donors (Lipinski definition) is 1. The molecule has 0 saturated heterocycles. The predicted molar refractivity (Wildman–Crippen MR) is 112 cm³/mol. The second kappa shape index (κ2) is 8.87. The molecule has 2 amide bonds. The van der Waals surface area contributed by atoms with E-state index in [1.165, 1.54) is 0 Å². The van der Waals surface area contributed by atoms with Gasteiger partial charge in [0.1, 0.15) is 5.15 Å². The van der Waals surface area contributed by atoms with Crippen LogP contribution in [0.25, 0.3) is 10.9 Å². The number of nitrogens with zero attached hydrogens (tertiary/aromatic N) is 2. The van der Waals surface area contributed by atoms with Crippen LogP contribution in [0.1, 0.15) is 30.9 Å². The van der Waals surface area contributed by atoms with Gasteiger partial charge >= 0.3 is 6.03 Å². The highest BCUT2D eigenvalue weighted by Gasteiger charge is 2.16. The van der Waals surface area contributed by atoms with Gasteiger partial charge in [-0.3, -0.25) is 0 Å². The lowest BCUT2D eigenvalue weighted by Crippen LogP contribution is -2.35. The van der Waals surface area contributed by atoms with E-state index >= 15 is 0 Å². The minimum absolute atomic E-state index is 0.127. The Morgan fingerprint density at radius 1 is 1.15 bits per heavy atom. The van der Waals surface area contributed by atoms with Gasteiger partial charge in [0.2, 0.25) is 0 Å². The van der Waals surface area contributed by atoms with Crippen LogP contribution in [0.5, 0.6) is 0 Å². The zero-order valence-corrected chi connectivity index (χ0v) is 16.5. The van der Waals surface area contributed by atoms with Crippen molar-refractivity contribution >= 4 is 34.2 Å². The number of aromatic nitrogens is 1.